The third-order valence-electron chi connectivity index (χ3n) is 4.22. The standard InChI is InChI=1S/C21H17ClN4O2S/c1-13-2-4-15(5-3-13)20-26-25-19(28-20)11-10-18(27)24-21-23-17(12-29-21)14-6-8-16(22)9-7-14/h2-9,12H,10-11H2,1H3,(H,23,24,27). The van der Waals surface area contributed by atoms with Crippen molar-refractivity contribution in [2.45, 2.75) is 19.8 Å². The number of aryl methyl sites for hydroxylation is 2. The maximum atomic E-state index is 12.2. The molecule has 29 heavy (non-hydrogen) atoms. The van der Waals surface area contributed by atoms with Gasteiger partial charge in [0.25, 0.3) is 0 Å². The summed E-state index contributed by atoms with van der Waals surface area (Å²) in [5, 5.41) is 14.0. The van der Waals surface area contributed by atoms with Crippen molar-refractivity contribution in [3.05, 3.63) is 70.4 Å². The largest absolute Gasteiger partial charge is 0.421 e. The molecular formula is C21H17ClN4O2S. The van der Waals surface area contributed by atoms with E-state index in [-0.39, 0.29) is 12.3 Å². The molecule has 0 unspecified atom stereocenters. The van der Waals surface area contributed by atoms with Crippen LogP contribution < -0.4 is 5.32 Å². The lowest BCUT2D eigenvalue weighted by Gasteiger charge is -2.00. The Morgan fingerprint density at radius 3 is 2.55 bits per heavy atom. The summed E-state index contributed by atoms with van der Waals surface area (Å²) in [4.78, 5) is 16.7. The van der Waals surface area contributed by atoms with Gasteiger partial charge < -0.3 is 9.73 Å². The molecule has 0 fully saturated rings. The number of rotatable bonds is 6. The van der Waals surface area contributed by atoms with Crippen molar-refractivity contribution in [2.24, 2.45) is 0 Å². The predicted molar refractivity (Wildman–Crippen MR) is 114 cm³/mol. The molecule has 0 spiro atoms. The van der Waals surface area contributed by atoms with Crippen molar-refractivity contribution in [3.8, 4) is 22.7 Å². The molecule has 1 N–H and O–H groups in total. The zero-order valence-corrected chi connectivity index (χ0v) is 17.1. The lowest BCUT2D eigenvalue weighted by Crippen LogP contribution is -2.12. The van der Waals surface area contributed by atoms with E-state index in [9.17, 15) is 4.79 Å². The molecule has 8 heteroatoms. The number of benzene rings is 2. The van der Waals surface area contributed by atoms with E-state index in [4.69, 9.17) is 16.0 Å². The van der Waals surface area contributed by atoms with Crippen LogP contribution in [0.25, 0.3) is 22.7 Å². The molecule has 1 amide bonds. The summed E-state index contributed by atoms with van der Waals surface area (Å²) in [5.74, 6) is 0.724. The Bertz CT molecular complexity index is 1120. The van der Waals surface area contributed by atoms with E-state index in [1.165, 1.54) is 11.3 Å². The summed E-state index contributed by atoms with van der Waals surface area (Å²) in [7, 11) is 0. The van der Waals surface area contributed by atoms with Crippen LogP contribution >= 0.6 is 22.9 Å². The minimum Gasteiger partial charge on any atom is -0.421 e. The molecule has 0 radical (unpaired) electrons. The molecule has 0 atom stereocenters. The first-order valence-electron chi connectivity index (χ1n) is 8.97. The maximum Gasteiger partial charge on any atom is 0.247 e. The van der Waals surface area contributed by atoms with Gasteiger partial charge in [0.2, 0.25) is 17.7 Å². The van der Waals surface area contributed by atoms with E-state index in [0.29, 0.717) is 28.4 Å². The van der Waals surface area contributed by atoms with Crippen LogP contribution in [0.2, 0.25) is 5.02 Å². The van der Waals surface area contributed by atoms with Crippen molar-refractivity contribution in [1.82, 2.24) is 15.2 Å². The predicted octanol–water partition coefficient (Wildman–Crippen LogP) is 5.39. The van der Waals surface area contributed by atoms with Gasteiger partial charge in [0.05, 0.1) is 5.69 Å². The van der Waals surface area contributed by atoms with Crippen LogP contribution in [-0.4, -0.2) is 21.1 Å². The van der Waals surface area contributed by atoms with Gasteiger partial charge in [-0.25, -0.2) is 4.98 Å². The monoisotopic (exact) mass is 424 g/mol. The summed E-state index contributed by atoms with van der Waals surface area (Å²) < 4.78 is 5.66. The van der Waals surface area contributed by atoms with E-state index < -0.39 is 0 Å². The van der Waals surface area contributed by atoms with Gasteiger partial charge >= 0.3 is 0 Å². The van der Waals surface area contributed by atoms with Gasteiger partial charge in [-0.05, 0) is 31.2 Å². The average molecular weight is 425 g/mol. The molecule has 4 aromatic rings. The van der Waals surface area contributed by atoms with Crippen LogP contribution in [0.5, 0.6) is 0 Å². The number of nitrogens with one attached hydrogen (secondary N) is 1. The third-order valence-corrected chi connectivity index (χ3v) is 5.23. The highest BCUT2D eigenvalue weighted by molar-refractivity contribution is 7.14. The third kappa shape index (κ3) is 4.88. The molecule has 0 aliphatic carbocycles. The number of amides is 1. The normalized spacial score (nSPS) is 10.8. The Hall–Kier alpha value is -3.03. The van der Waals surface area contributed by atoms with Crippen LogP contribution in [0.3, 0.4) is 0 Å². The van der Waals surface area contributed by atoms with E-state index in [1.54, 1.807) is 0 Å². The molecule has 0 saturated carbocycles. The first-order valence-corrected chi connectivity index (χ1v) is 10.2. The highest BCUT2D eigenvalue weighted by Gasteiger charge is 2.12. The van der Waals surface area contributed by atoms with Gasteiger partial charge in [0.1, 0.15) is 0 Å². The molecule has 2 heterocycles. The van der Waals surface area contributed by atoms with Gasteiger partial charge in [-0.1, -0.05) is 41.4 Å². The van der Waals surface area contributed by atoms with Crippen molar-refractivity contribution < 1.29 is 9.21 Å². The summed E-state index contributed by atoms with van der Waals surface area (Å²) in [6, 6.07) is 15.2. The van der Waals surface area contributed by atoms with Gasteiger partial charge in [0.15, 0.2) is 5.13 Å². The summed E-state index contributed by atoms with van der Waals surface area (Å²) >= 11 is 7.28. The lowest BCUT2D eigenvalue weighted by atomic mass is 10.1. The number of hydrogen-bond acceptors (Lipinski definition) is 6. The first kappa shape index (κ1) is 19.3. The van der Waals surface area contributed by atoms with Gasteiger partial charge in [0, 0.05) is 34.4 Å². The van der Waals surface area contributed by atoms with Crippen molar-refractivity contribution in [2.75, 3.05) is 5.32 Å². The number of anilines is 1. The molecule has 0 saturated heterocycles. The number of halogens is 1. The minimum absolute atomic E-state index is 0.155. The molecule has 0 aliphatic heterocycles. The molecule has 0 bridgehead atoms. The quantitative estimate of drug-likeness (QED) is 0.448. The Balaban J connectivity index is 1.33. The van der Waals surface area contributed by atoms with Crippen LogP contribution in [0, 0.1) is 6.92 Å². The minimum atomic E-state index is -0.155. The van der Waals surface area contributed by atoms with Crippen molar-refractivity contribution >= 4 is 34.0 Å². The fraction of sp³-hybridized carbons (Fsp3) is 0.143. The van der Waals surface area contributed by atoms with Crippen LogP contribution in [-0.2, 0) is 11.2 Å². The number of aromatic nitrogens is 3. The van der Waals surface area contributed by atoms with Crippen LogP contribution in [0.15, 0.2) is 58.3 Å². The first-order chi connectivity index (χ1) is 14.1. The molecule has 146 valence electrons. The molecular weight excluding hydrogens is 408 g/mol. The molecule has 2 aromatic carbocycles. The average Bonchev–Trinajstić information content (AvgIpc) is 3.37. The highest BCUT2D eigenvalue weighted by atomic mass is 35.5. The zero-order chi connectivity index (χ0) is 20.2. The van der Waals surface area contributed by atoms with E-state index in [1.807, 2.05) is 60.8 Å². The smallest absolute Gasteiger partial charge is 0.247 e. The molecule has 4 rings (SSSR count). The second-order valence-corrected chi connectivity index (χ2v) is 7.75. The van der Waals surface area contributed by atoms with Gasteiger partial charge in [-0.15, -0.1) is 21.5 Å². The fourth-order valence-corrected chi connectivity index (χ4v) is 3.52. The van der Waals surface area contributed by atoms with Crippen LogP contribution in [0.4, 0.5) is 5.13 Å². The number of hydrogen-bond donors (Lipinski definition) is 1. The number of nitrogens with zero attached hydrogens (tertiary/aromatic N) is 3. The lowest BCUT2D eigenvalue weighted by molar-refractivity contribution is -0.116. The van der Waals surface area contributed by atoms with Crippen molar-refractivity contribution in [1.29, 1.82) is 0 Å². The van der Waals surface area contributed by atoms with E-state index >= 15 is 0 Å². The molecule has 6 nitrogen and oxygen atoms in total. The Kier molecular flexibility index (Phi) is 5.69. The maximum absolute atomic E-state index is 12.2. The van der Waals surface area contributed by atoms with Crippen LogP contribution in [0.1, 0.15) is 17.9 Å². The summed E-state index contributed by atoms with van der Waals surface area (Å²) in [5.41, 5.74) is 3.75. The van der Waals surface area contributed by atoms with E-state index in [0.717, 1.165) is 22.4 Å². The number of thiazole rings is 1. The Labute approximate surface area is 176 Å². The van der Waals surface area contributed by atoms with E-state index in [2.05, 4.69) is 20.5 Å². The van der Waals surface area contributed by atoms with Gasteiger partial charge in [-0.3, -0.25) is 4.79 Å². The zero-order valence-electron chi connectivity index (χ0n) is 15.6. The number of carbonyl (C=O) groups excluding carboxylic acids is 1. The second-order valence-electron chi connectivity index (χ2n) is 6.46. The summed E-state index contributed by atoms with van der Waals surface area (Å²) in [6.45, 7) is 2.02. The summed E-state index contributed by atoms with van der Waals surface area (Å²) in [6.07, 6.45) is 0.589. The Morgan fingerprint density at radius 1 is 1.07 bits per heavy atom. The fourth-order valence-electron chi connectivity index (χ4n) is 2.65. The second kappa shape index (κ2) is 8.55. The number of carbonyl (C=O) groups is 1. The SMILES string of the molecule is Cc1ccc(-c2nnc(CCC(=O)Nc3nc(-c4ccc(Cl)cc4)cs3)o2)cc1. The Morgan fingerprint density at radius 2 is 1.79 bits per heavy atom. The molecule has 0 aliphatic rings. The molecule has 2 aromatic heterocycles. The highest BCUT2D eigenvalue weighted by Crippen LogP contribution is 2.26. The van der Waals surface area contributed by atoms with Crippen molar-refractivity contribution in [3.63, 3.8) is 0 Å². The topological polar surface area (TPSA) is 80.9 Å². The van der Waals surface area contributed by atoms with Gasteiger partial charge in [-0.2, -0.15) is 0 Å².